The van der Waals surface area contributed by atoms with E-state index in [0.717, 1.165) is 38.1 Å². The summed E-state index contributed by atoms with van der Waals surface area (Å²) < 4.78 is 5.23. The highest BCUT2D eigenvalue weighted by Gasteiger charge is 2.25. The Morgan fingerprint density at radius 3 is 2.56 bits per heavy atom. The van der Waals surface area contributed by atoms with Gasteiger partial charge in [-0.25, -0.2) is 0 Å². The van der Waals surface area contributed by atoms with Crippen molar-refractivity contribution in [3.63, 3.8) is 0 Å². The van der Waals surface area contributed by atoms with Crippen LogP contribution < -0.4 is 5.32 Å². The van der Waals surface area contributed by atoms with E-state index in [-0.39, 0.29) is 29.9 Å². The Morgan fingerprint density at radius 1 is 1.22 bits per heavy atom. The number of carbonyl (C=O) groups excluding carboxylic acids is 1. The highest BCUT2D eigenvalue weighted by atomic mass is 127. The van der Waals surface area contributed by atoms with E-state index in [4.69, 9.17) is 9.41 Å². The van der Waals surface area contributed by atoms with Gasteiger partial charge < -0.3 is 19.5 Å². The molecule has 1 amide bonds. The van der Waals surface area contributed by atoms with Crippen LogP contribution in [0.4, 0.5) is 0 Å². The van der Waals surface area contributed by atoms with E-state index in [2.05, 4.69) is 17.1 Å². The number of rotatable bonds is 6. The summed E-state index contributed by atoms with van der Waals surface area (Å²) in [5.74, 6) is 2.33. The second kappa shape index (κ2) is 11.6. The molecule has 1 aromatic rings. The minimum Gasteiger partial charge on any atom is -0.459 e. The Morgan fingerprint density at radius 2 is 1.93 bits per heavy atom. The summed E-state index contributed by atoms with van der Waals surface area (Å²) >= 11 is 0. The first kappa shape index (κ1) is 22.0. The first-order chi connectivity index (χ1) is 12.8. The fraction of sp³-hybridized carbons (Fsp3) is 0.700. The lowest BCUT2D eigenvalue weighted by molar-refractivity contribution is 0.0657. The van der Waals surface area contributed by atoms with Crippen molar-refractivity contribution >= 4 is 35.8 Å². The Labute approximate surface area is 179 Å². The van der Waals surface area contributed by atoms with Gasteiger partial charge in [0, 0.05) is 39.3 Å². The third-order valence-electron chi connectivity index (χ3n) is 5.44. The van der Waals surface area contributed by atoms with Crippen LogP contribution in [0.3, 0.4) is 0 Å². The first-order valence-electron chi connectivity index (χ1n) is 10.1. The molecule has 2 heterocycles. The number of nitrogens with one attached hydrogen (secondary N) is 1. The van der Waals surface area contributed by atoms with Crippen molar-refractivity contribution in [1.82, 2.24) is 15.1 Å². The van der Waals surface area contributed by atoms with Crippen LogP contribution in [-0.4, -0.2) is 60.9 Å². The molecule has 1 saturated carbocycles. The van der Waals surface area contributed by atoms with Gasteiger partial charge in [-0.2, -0.15) is 0 Å². The molecule has 3 rings (SSSR count). The summed E-state index contributed by atoms with van der Waals surface area (Å²) in [6, 6.07) is 3.48. The van der Waals surface area contributed by atoms with E-state index in [1.54, 1.807) is 18.4 Å². The third-order valence-corrected chi connectivity index (χ3v) is 5.44. The van der Waals surface area contributed by atoms with E-state index in [0.29, 0.717) is 18.8 Å². The van der Waals surface area contributed by atoms with E-state index in [1.807, 2.05) is 4.90 Å². The van der Waals surface area contributed by atoms with Crippen LogP contribution in [0.15, 0.2) is 27.8 Å². The zero-order valence-corrected chi connectivity index (χ0v) is 18.7. The highest BCUT2D eigenvalue weighted by Crippen LogP contribution is 2.28. The second-order valence-electron chi connectivity index (χ2n) is 7.28. The smallest absolute Gasteiger partial charge is 0.289 e. The average Bonchev–Trinajstić information content (AvgIpc) is 3.38. The molecule has 1 aliphatic heterocycles. The summed E-state index contributed by atoms with van der Waals surface area (Å²) in [6.45, 7) is 6.88. The number of aliphatic imine (C=N–C) groups is 1. The summed E-state index contributed by atoms with van der Waals surface area (Å²) in [5, 5.41) is 3.41. The van der Waals surface area contributed by atoms with E-state index in [9.17, 15) is 4.79 Å². The molecule has 27 heavy (non-hydrogen) atoms. The number of halogens is 1. The van der Waals surface area contributed by atoms with Crippen molar-refractivity contribution in [1.29, 1.82) is 0 Å². The number of piperazine rings is 1. The SMILES string of the molecule is CCNC(=NCCCC1CCCC1)N1CCN(C(=O)c2ccco2)CC1.I. The van der Waals surface area contributed by atoms with Crippen LogP contribution in [0.2, 0.25) is 0 Å². The molecule has 2 fully saturated rings. The Balaban J connectivity index is 0.00000261. The van der Waals surface area contributed by atoms with Gasteiger partial charge >= 0.3 is 0 Å². The monoisotopic (exact) mass is 488 g/mol. The summed E-state index contributed by atoms with van der Waals surface area (Å²) in [4.78, 5) is 21.3. The highest BCUT2D eigenvalue weighted by molar-refractivity contribution is 14.0. The minimum absolute atomic E-state index is 0. The summed E-state index contributed by atoms with van der Waals surface area (Å²) in [6.07, 6.45) is 9.69. The lowest BCUT2D eigenvalue weighted by atomic mass is 10.0. The molecule has 0 atom stereocenters. The predicted molar refractivity (Wildman–Crippen MR) is 119 cm³/mol. The number of nitrogens with zero attached hydrogens (tertiary/aromatic N) is 3. The van der Waals surface area contributed by atoms with Gasteiger partial charge in [-0.15, -0.1) is 24.0 Å². The van der Waals surface area contributed by atoms with Crippen LogP contribution in [0.5, 0.6) is 0 Å². The van der Waals surface area contributed by atoms with Gasteiger partial charge in [0.1, 0.15) is 0 Å². The van der Waals surface area contributed by atoms with Crippen molar-refractivity contribution in [2.75, 3.05) is 39.3 Å². The molecule has 2 aliphatic rings. The second-order valence-corrected chi connectivity index (χ2v) is 7.28. The van der Waals surface area contributed by atoms with E-state index >= 15 is 0 Å². The van der Waals surface area contributed by atoms with Crippen LogP contribution in [0, 0.1) is 5.92 Å². The van der Waals surface area contributed by atoms with Gasteiger partial charge in [-0.1, -0.05) is 25.7 Å². The van der Waals surface area contributed by atoms with Gasteiger partial charge in [-0.05, 0) is 37.8 Å². The van der Waals surface area contributed by atoms with Crippen LogP contribution in [0.1, 0.15) is 56.0 Å². The van der Waals surface area contributed by atoms with E-state index < -0.39 is 0 Å². The van der Waals surface area contributed by atoms with Gasteiger partial charge in [0.15, 0.2) is 11.7 Å². The summed E-state index contributed by atoms with van der Waals surface area (Å²) in [5.41, 5.74) is 0. The number of guanidine groups is 1. The van der Waals surface area contributed by atoms with Gasteiger partial charge in [0.25, 0.3) is 5.91 Å². The number of carbonyl (C=O) groups is 1. The molecule has 0 aromatic carbocycles. The maximum atomic E-state index is 12.4. The first-order valence-corrected chi connectivity index (χ1v) is 10.1. The third kappa shape index (κ3) is 6.40. The van der Waals surface area contributed by atoms with Crippen molar-refractivity contribution in [2.24, 2.45) is 10.9 Å². The van der Waals surface area contributed by atoms with Crippen molar-refractivity contribution < 1.29 is 9.21 Å². The number of amides is 1. The molecule has 1 aliphatic carbocycles. The van der Waals surface area contributed by atoms with Crippen molar-refractivity contribution in [3.05, 3.63) is 24.2 Å². The average molecular weight is 488 g/mol. The van der Waals surface area contributed by atoms with E-state index in [1.165, 1.54) is 38.5 Å². The molecule has 0 radical (unpaired) electrons. The fourth-order valence-corrected chi connectivity index (χ4v) is 3.97. The molecule has 6 nitrogen and oxygen atoms in total. The summed E-state index contributed by atoms with van der Waals surface area (Å²) in [7, 11) is 0. The fourth-order valence-electron chi connectivity index (χ4n) is 3.97. The van der Waals surface area contributed by atoms with Crippen LogP contribution in [0.25, 0.3) is 0 Å². The topological polar surface area (TPSA) is 61.1 Å². The zero-order valence-electron chi connectivity index (χ0n) is 16.4. The van der Waals surface area contributed by atoms with Crippen molar-refractivity contribution in [3.8, 4) is 0 Å². The molecular formula is C20H33IN4O2. The standard InChI is InChI=1S/C20H32N4O2.HI/c1-2-21-20(22-11-5-9-17-7-3-4-8-17)24-14-12-23(13-15-24)19(25)18-10-6-16-26-18;/h6,10,16-17H,2-5,7-9,11-15H2,1H3,(H,21,22);1H. The predicted octanol–water partition coefficient (Wildman–Crippen LogP) is 3.59. The number of hydrogen-bond acceptors (Lipinski definition) is 3. The Bertz CT molecular complexity index is 577. The van der Waals surface area contributed by atoms with Gasteiger partial charge in [0.05, 0.1) is 6.26 Å². The molecule has 0 bridgehead atoms. The molecule has 7 heteroatoms. The molecule has 0 spiro atoms. The van der Waals surface area contributed by atoms with Crippen LogP contribution >= 0.6 is 24.0 Å². The zero-order chi connectivity index (χ0) is 18.2. The van der Waals surface area contributed by atoms with Crippen LogP contribution in [-0.2, 0) is 0 Å². The van der Waals surface area contributed by atoms with Gasteiger partial charge in [-0.3, -0.25) is 9.79 Å². The number of hydrogen-bond donors (Lipinski definition) is 1. The molecule has 1 saturated heterocycles. The van der Waals surface area contributed by atoms with Gasteiger partial charge in [0.2, 0.25) is 0 Å². The Kier molecular flexibility index (Phi) is 9.44. The molecule has 1 aromatic heterocycles. The largest absolute Gasteiger partial charge is 0.459 e. The lowest BCUT2D eigenvalue weighted by Gasteiger charge is -2.36. The maximum absolute atomic E-state index is 12.4. The molecule has 0 unspecified atom stereocenters. The normalized spacial score (nSPS) is 18.5. The molecule has 152 valence electrons. The number of furan rings is 1. The molecule has 1 N–H and O–H groups in total. The Hall–Kier alpha value is -1.25. The van der Waals surface area contributed by atoms with Crippen molar-refractivity contribution in [2.45, 2.75) is 45.4 Å². The quantitative estimate of drug-likeness (QED) is 0.288. The maximum Gasteiger partial charge on any atom is 0.289 e. The minimum atomic E-state index is -0.0202. The lowest BCUT2D eigenvalue weighted by Crippen LogP contribution is -2.53. The molecular weight excluding hydrogens is 455 g/mol.